The normalized spacial score (nSPS) is 18.7. The molecule has 106 valence electrons. The fraction of sp³-hybridized carbons (Fsp3) is 0.667. The van der Waals surface area contributed by atoms with Crippen LogP contribution in [0.5, 0.6) is 0 Å². The fourth-order valence-electron chi connectivity index (χ4n) is 2.56. The van der Waals surface area contributed by atoms with Crippen molar-refractivity contribution >= 4 is 17.3 Å². The number of aliphatic carboxylic acids is 1. The van der Waals surface area contributed by atoms with Gasteiger partial charge in [-0.05, 0) is 43.5 Å². The van der Waals surface area contributed by atoms with Crippen LogP contribution < -0.4 is 0 Å². The van der Waals surface area contributed by atoms with Crippen molar-refractivity contribution in [1.29, 1.82) is 0 Å². The van der Waals surface area contributed by atoms with E-state index < -0.39 is 5.97 Å². The quantitative estimate of drug-likeness (QED) is 0.915. The number of hydrogen-bond acceptors (Lipinski definition) is 3. The van der Waals surface area contributed by atoms with E-state index in [1.807, 2.05) is 0 Å². The Morgan fingerprint density at radius 3 is 2.47 bits per heavy atom. The van der Waals surface area contributed by atoms with Crippen molar-refractivity contribution in [3.05, 3.63) is 21.9 Å². The topological polar surface area (TPSA) is 40.5 Å². The lowest BCUT2D eigenvalue weighted by molar-refractivity contribution is -0.138. The molecule has 0 amide bonds. The van der Waals surface area contributed by atoms with Gasteiger partial charge in [0, 0.05) is 9.75 Å². The average molecular weight is 281 g/mol. The summed E-state index contributed by atoms with van der Waals surface area (Å²) >= 11 is 1.77. The molecule has 1 atom stereocenters. The van der Waals surface area contributed by atoms with Gasteiger partial charge < -0.3 is 5.11 Å². The summed E-state index contributed by atoms with van der Waals surface area (Å²) in [5.41, 5.74) is 0.141. The number of rotatable bonds is 4. The van der Waals surface area contributed by atoms with Crippen molar-refractivity contribution in [3.63, 3.8) is 0 Å². The van der Waals surface area contributed by atoms with E-state index in [2.05, 4.69) is 37.8 Å². The van der Waals surface area contributed by atoms with Crippen LogP contribution in [0.15, 0.2) is 12.1 Å². The van der Waals surface area contributed by atoms with Crippen LogP contribution in [0.3, 0.4) is 0 Å². The molecule has 4 heteroatoms. The van der Waals surface area contributed by atoms with E-state index in [4.69, 9.17) is 5.11 Å². The van der Waals surface area contributed by atoms with Crippen LogP contribution in [0, 0.1) is 0 Å². The average Bonchev–Trinajstić information content (AvgIpc) is 2.96. The van der Waals surface area contributed by atoms with E-state index in [0.29, 0.717) is 0 Å². The molecule has 0 aromatic carbocycles. The van der Waals surface area contributed by atoms with Gasteiger partial charge in [-0.3, -0.25) is 9.69 Å². The van der Waals surface area contributed by atoms with E-state index >= 15 is 0 Å². The third kappa shape index (κ3) is 3.57. The lowest BCUT2D eigenvalue weighted by Gasteiger charge is -2.25. The Morgan fingerprint density at radius 2 is 2.00 bits per heavy atom. The fourth-order valence-corrected chi connectivity index (χ4v) is 3.76. The maximum absolute atomic E-state index is 11.1. The first-order chi connectivity index (χ1) is 8.88. The number of nitrogens with zero attached hydrogens (tertiary/aromatic N) is 1. The molecule has 0 radical (unpaired) electrons. The molecule has 1 N–H and O–H groups in total. The number of likely N-dealkylation sites (tertiary alicyclic amines) is 1. The molecule has 0 saturated carbocycles. The molecule has 0 aliphatic carbocycles. The van der Waals surface area contributed by atoms with Gasteiger partial charge in [-0.2, -0.15) is 0 Å². The molecule has 0 spiro atoms. The largest absolute Gasteiger partial charge is 0.481 e. The minimum absolute atomic E-state index is 0.0566. The van der Waals surface area contributed by atoms with Gasteiger partial charge in [0.2, 0.25) is 0 Å². The third-order valence-electron chi connectivity index (χ3n) is 3.64. The number of thiophene rings is 1. The Bertz CT molecular complexity index is 441. The molecule has 1 aliphatic rings. The number of carboxylic acids is 1. The highest BCUT2D eigenvalue weighted by molar-refractivity contribution is 7.12. The first-order valence-electron chi connectivity index (χ1n) is 6.94. The first-order valence-corrected chi connectivity index (χ1v) is 7.75. The van der Waals surface area contributed by atoms with Crippen LogP contribution in [-0.2, 0) is 10.2 Å². The Labute approximate surface area is 119 Å². The molecule has 1 aliphatic heterocycles. The summed E-state index contributed by atoms with van der Waals surface area (Å²) in [6.45, 7) is 8.65. The first kappa shape index (κ1) is 14.5. The van der Waals surface area contributed by atoms with Gasteiger partial charge in [-0.1, -0.05) is 20.8 Å². The second kappa shape index (κ2) is 5.63. The summed E-state index contributed by atoms with van der Waals surface area (Å²) in [6, 6.07) is 4.34. The minimum Gasteiger partial charge on any atom is -0.481 e. The predicted molar refractivity (Wildman–Crippen MR) is 78.8 cm³/mol. The number of hydrogen-bond donors (Lipinski definition) is 1. The highest BCUT2D eigenvalue weighted by Gasteiger charge is 2.28. The van der Waals surface area contributed by atoms with Crippen LogP contribution in [-0.4, -0.2) is 29.1 Å². The maximum Gasteiger partial charge on any atom is 0.305 e. The van der Waals surface area contributed by atoms with Gasteiger partial charge in [-0.25, -0.2) is 0 Å². The van der Waals surface area contributed by atoms with Crippen LogP contribution in [0.4, 0.5) is 0 Å². The van der Waals surface area contributed by atoms with Gasteiger partial charge in [0.25, 0.3) is 0 Å². The van der Waals surface area contributed by atoms with Crippen molar-refractivity contribution in [1.82, 2.24) is 4.90 Å². The Kier molecular flexibility index (Phi) is 4.31. The summed E-state index contributed by atoms with van der Waals surface area (Å²) in [6.07, 6.45) is 2.59. The highest BCUT2D eigenvalue weighted by Crippen LogP contribution is 2.36. The zero-order chi connectivity index (χ0) is 14.0. The van der Waals surface area contributed by atoms with Crippen molar-refractivity contribution in [3.8, 4) is 0 Å². The molecule has 2 heterocycles. The molecular formula is C15H23NO2S. The van der Waals surface area contributed by atoms with E-state index in [-0.39, 0.29) is 17.9 Å². The zero-order valence-electron chi connectivity index (χ0n) is 12.0. The second-order valence-corrected chi connectivity index (χ2v) is 7.42. The van der Waals surface area contributed by atoms with Gasteiger partial charge in [0.15, 0.2) is 0 Å². The van der Waals surface area contributed by atoms with Gasteiger partial charge in [-0.15, -0.1) is 11.3 Å². The minimum atomic E-state index is -0.706. The van der Waals surface area contributed by atoms with Crippen molar-refractivity contribution in [2.75, 3.05) is 13.1 Å². The molecule has 19 heavy (non-hydrogen) atoms. The Morgan fingerprint density at radius 1 is 1.37 bits per heavy atom. The van der Waals surface area contributed by atoms with Crippen LogP contribution >= 0.6 is 11.3 Å². The highest BCUT2D eigenvalue weighted by atomic mass is 32.1. The smallest absolute Gasteiger partial charge is 0.305 e. The lowest BCUT2D eigenvalue weighted by Crippen LogP contribution is -2.27. The summed E-state index contributed by atoms with van der Waals surface area (Å²) in [4.78, 5) is 16.0. The zero-order valence-corrected chi connectivity index (χ0v) is 12.8. The monoisotopic (exact) mass is 281 g/mol. The van der Waals surface area contributed by atoms with E-state index in [1.54, 1.807) is 11.3 Å². The molecule has 0 bridgehead atoms. The van der Waals surface area contributed by atoms with Crippen LogP contribution in [0.2, 0.25) is 0 Å². The van der Waals surface area contributed by atoms with Gasteiger partial charge >= 0.3 is 5.97 Å². The molecule has 1 unspecified atom stereocenters. The SMILES string of the molecule is CC(C)(C)c1ccc(C(CC(=O)O)N2CCCC2)s1. The number of carbonyl (C=O) groups is 1. The molecule has 1 aromatic rings. The molecule has 1 aromatic heterocycles. The Balaban J connectivity index is 2.22. The van der Waals surface area contributed by atoms with E-state index in [0.717, 1.165) is 13.1 Å². The Hall–Kier alpha value is -0.870. The van der Waals surface area contributed by atoms with E-state index in [1.165, 1.54) is 22.6 Å². The van der Waals surface area contributed by atoms with Gasteiger partial charge in [0.1, 0.15) is 0 Å². The lowest BCUT2D eigenvalue weighted by atomic mass is 9.95. The van der Waals surface area contributed by atoms with Gasteiger partial charge in [0.05, 0.1) is 12.5 Å². The van der Waals surface area contributed by atoms with Crippen molar-refractivity contribution in [2.45, 2.75) is 51.5 Å². The molecular weight excluding hydrogens is 258 g/mol. The molecule has 1 saturated heterocycles. The van der Waals surface area contributed by atoms with Crippen LogP contribution in [0.25, 0.3) is 0 Å². The predicted octanol–water partition coefficient (Wildman–Crippen LogP) is 3.66. The summed E-state index contributed by atoms with van der Waals surface area (Å²) in [5, 5.41) is 9.15. The molecule has 2 rings (SSSR count). The summed E-state index contributed by atoms with van der Waals surface area (Å²) in [5.74, 6) is -0.706. The third-order valence-corrected chi connectivity index (χ3v) is 5.26. The van der Waals surface area contributed by atoms with Crippen LogP contribution in [0.1, 0.15) is 55.8 Å². The molecule has 1 fully saturated rings. The summed E-state index contributed by atoms with van der Waals surface area (Å²) in [7, 11) is 0. The maximum atomic E-state index is 11.1. The summed E-state index contributed by atoms with van der Waals surface area (Å²) < 4.78 is 0. The molecule has 3 nitrogen and oxygen atoms in total. The second-order valence-electron chi connectivity index (χ2n) is 6.31. The van der Waals surface area contributed by atoms with Crippen molar-refractivity contribution in [2.24, 2.45) is 0 Å². The standard InChI is InChI=1S/C15H23NO2S/c1-15(2,3)13-7-6-12(19-13)11(10-14(17)18)16-8-4-5-9-16/h6-7,11H,4-5,8-10H2,1-3H3,(H,17,18). The van der Waals surface area contributed by atoms with Crippen molar-refractivity contribution < 1.29 is 9.90 Å². The van der Waals surface area contributed by atoms with E-state index in [9.17, 15) is 4.79 Å². The number of carboxylic acid groups (broad SMARTS) is 1.